The van der Waals surface area contributed by atoms with Gasteiger partial charge in [-0.25, -0.2) is 0 Å². The summed E-state index contributed by atoms with van der Waals surface area (Å²) in [5.74, 6) is 0. The number of hydrogen-bond donors (Lipinski definition) is 0. The number of hydrogen-bond acceptors (Lipinski definition) is 1. The lowest BCUT2D eigenvalue weighted by Gasteiger charge is -2.21. The molecule has 0 N–H and O–H groups in total. The van der Waals surface area contributed by atoms with Gasteiger partial charge in [0.05, 0.1) is 22.1 Å². The molecule has 11 aromatic rings. The molecule has 0 bridgehead atoms. The quantitative estimate of drug-likeness (QED) is 0.181. The third-order valence-electron chi connectivity index (χ3n) is 12.1. The lowest BCUT2D eigenvalue weighted by atomic mass is 9.82. The highest BCUT2D eigenvalue weighted by molar-refractivity contribution is 6.20. The van der Waals surface area contributed by atoms with Crippen molar-refractivity contribution < 1.29 is 4.42 Å². The molecule has 0 unspecified atom stereocenters. The molecule has 12 rings (SSSR count). The molecule has 254 valence electrons. The van der Waals surface area contributed by atoms with Crippen LogP contribution in [0.3, 0.4) is 0 Å². The van der Waals surface area contributed by atoms with Gasteiger partial charge in [-0.3, -0.25) is 0 Å². The monoisotopic (exact) mass is 690 g/mol. The summed E-state index contributed by atoms with van der Waals surface area (Å²) in [5, 5.41) is 7.32. The average molecular weight is 691 g/mol. The van der Waals surface area contributed by atoms with Gasteiger partial charge >= 0.3 is 0 Å². The van der Waals surface area contributed by atoms with Crippen LogP contribution in [0, 0.1) is 0 Å². The maximum Gasteiger partial charge on any atom is 0.137 e. The van der Waals surface area contributed by atoms with E-state index in [1.807, 2.05) is 6.07 Å². The van der Waals surface area contributed by atoms with Crippen molar-refractivity contribution in [3.63, 3.8) is 0 Å². The lowest BCUT2D eigenvalue weighted by molar-refractivity contribution is 0.661. The summed E-state index contributed by atoms with van der Waals surface area (Å²) in [6, 6.07) is 62.1. The molecule has 3 heteroatoms. The number of nitrogens with zero attached hydrogens (tertiary/aromatic N) is 2. The van der Waals surface area contributed by atoms with Crippen molar-refractivity contribution in [1.29, 1.82) is 0 Å². The molecule has 3 aromatic heterocycles. The summed E-state index contributed by atoms with van der Waals surface area (Å²) in [6.07, 6.45) is 0. The van der Waals surface area contributed by atoms with E-state index < -0.39 is 0 Å². The minimum atomic E-state index is -0.0807. The van der Waals surface area contributed by atoms with E-state index in [4.69, 9.17) is 4.42 Å². The SMILES string of the molecule is CC1(C)c2ccccc2-c2c1ccc1c2c2cc(-c3ccc4c(c3)c3cc5c(cc3n4-c3ccccc3)oc3ccccc35)ccc2n1-c1ccccc1. The Hall–Kier alpha value is -6.84. The van der Waals surface area contributed by atoms with Crippen LogP contribution < -0.4 is 0 Å². The van der Waals surface area contributed by atoms with Crippen LogP contribution in [0.4, 0.5) is 0 Å². The second-order valence-corrected chi connectivity index (χ2v) is 15.3. The topological polar surface area (TPSA) is 23.0 Å². The van der Waals surface area contributed by atoms with E-state index in [1.165, 1.54) is 77.2 Å². The molecule has 8 aromatic carbocycles. The Bertz CT molecular complexity index is 3340. The summed E-state index contributed by atoms with van der Waals surface area (Å²) < 4.78 is 11.2. The zero-order valence-corrected chi connectivity index (χ0v) is 30.0. The maximum atomic E-state index is 6.40. The van der Waals surface area contributed by atoms with Crippen LogP contribution in [-0.2, 0) is 5.41 Å². The predicted octanol–water partition coefficient (Wildman–Crippen LogP) is 13.8. The number of rotatable bonds is 3. The first-order valence-corrected chi connectivity index (χ1v) is 18.8. The van der Waals surface area contributed by atoms with Crippen LogP contribution in [-0.4, -0.2) is 9.13 Å². The molecule has 0 saturated heterocycles. The Kier molecular flexibility index (Phi) is 5.84. The van der Waals surface area contributed by atoms with Crippen LogP contribution in [0.25, 0.3) is 99.2 Å². The Labute approximate surface area is 311 Å². The second kappa shape index (κ2) is 10.6. The third-order valence-corrected chi connectivity index (χ3v) is 12.1. The highest BCUT2D eigenvalue weighted by Crippen LogP contribution is 2.53. The van der Waals surface area contributed by atoms with Crippen molar-refractivity contribution in [2.45, 2.75) is 19.3 Å². The number of fused-ring (bicyclic) bond motifs is 13. The van der Waals surface area contributed by atoms with Crippen molar-refractivity contribution in [3.05, 3.63) is 181 Å². The zero-order chi connectivity index (χ0) is 35.7. The highest BCUT2D eigenvalue weighted by Gasteiger charge is 2.37. The molecule has 1 aliphatic rings. The largest absolute Gasteiger partial charge is 0.456 e. The molecule has 0 aliphatic heterocycles. The Morgan fingerprint density at radius 3 is 1.76 bits per heavy atom. The van der Waals surface area contributed by atoms with Gasteiger partial charge in [0.25, 0.3) is 0 Å². The van der Waals surface area contributed by atoms with Crippen LogP contribution in [0.2, 0.25) is 0 Å². The molecule has 0 amide bonds. The zero-order valence-electron chi connectivity index (χ0n) is 30.0. The van der Waals surface area contributed by atoms with Crippen LogP contribution >= 0.6 is 0 Å². The molecular weight excluding hydrogens is 657 g/mol. The minimum Gasteiger partial charge on any atom is -0.456 e. The molecule has 0 saturated carbocycles. The molecular formula is C51H34N2O. The minimum absolute atomic E-state index is 0.0807. The van der Waals surface area contributed by atoms with E-state index in [0.717, 1.165) is 33.1 Å². The van der Waals surface area contributed by atoms with E-state index in [9.17, 15) is 0 Å². The summed E-state index contributed by atoms with van der Waals surface area (Å²) in [6.45, 7) is 4.74. The highest BCUT2D eigenvalue weighted by atomic mass is 16.3. The van der Waals surface area contributed by atoms with E-state index in [1.54, 1.807) is 0 Å². The first-order valence-electron chi connectivity index (χ1n) is 18.8. The third kappa shape index (κ3) is 3.91. The van der Waals surface area contributed by atoms with E-state index >= 15 is 0 Å². The Morgan fingerprint density at radius 2 is 1.00 bits per heavy atom. The van der Waals surface area contributed by atoms with Gasteiger partial charge < -0.3 is 13.6 Å². The first-order chi connectivity index (χ1) is 26.5. The molecule has 0 radical (unpaired) electrons. The van der Waals surface area contributed by atoms with Crippen LogP contribution in [0.1, 0.15) is 25.0 Å². The smallest absolute Gasteiger partial charge is 0.137 e. The van der Waals surface area contributed by atoms with Crippen molar-refractivity contribution in [1.82, 2.24) is 9.13 Å². The fraction of sp³-hybridized carbons (Fsp3) is 0.0588. The standard InChI is InChI=1S/C51H34N2O/c1-51(2)41-19-11-9-18-36(41)49-42(51)23-26-45-50(49)40-28-32(22-25-44(40)52(45)33-13-5-3-6-14-33)31-21-24-43-37(27-31)38-29-39-35-17-10-12-20-47(35)54-48(39)30-46(38)53(43)34-15-7-4-8-16-34/h3-30H,1-2H3. The fourth-order valence-corrected chi connectivity index (χ4v) is 9.61. The van der Waals surface area contributed by atoms with Gasteiger partial charge in [0.1, 0.15) is 11.2 Å². The number of para-hydroxylation sites is 3. The number of aromatic nitrogens is 2. The maximum absolute atomic E-state index is 6.40. The lowest BCUT2D eigenvalue weighted by Crippen LogP contribution is -2.14. The van der Waals surface area contributed by atoms with Gasteiger partial charge in [0.15, 0.2) is 0 Å². The van der Waals surface area contributed by atoms with Crippen molar-refractivity contribution in [3.8, 4) is 33.6 Å². The molecule has 0 atom stereocenters. The van der Waals surface area contributed by atoms with Gasteiger partial charge in [0.2, 0.25) is 0 Å². The first kappa shape index (κ1) is 29.7. The van der Waals surface area contributed by atoms with Crippen LogP contribution in [0.5, 0.6) is 0 Å². The molecule has 1 aliphatic carbocycles. The molecule has 54 heavy (non-hydrogen) atoms. The van der Waals surface area contributed by atoms with Crippen molar-refractivity contribution in [2.75, 3.05) is 0 Å². The summed E-state index contributed by atoms with van der Waals surface area (Å²) in [5.41, 5.74) is 16.7. The summed E-state index contributed by atoms with van der Waals surface area (Å²) >= 11 is 0. The van der Waals surface area contributed by atoms with Gasteiger partial charge in [0, 0.05) is 55.2 Å². The molecule has 0 fully saturated rings. The van der Waals surface area contributed by atoms with E-state index in [2.05, 4.69) is 187 Å². The van der Waals surface area contributed by atoms with E-state index in [-0.39, 0.29) is 5.41 Å². The fourth-order valence-electron chi connectivity index (χ4n) is 9.61. The summed E-state index contributed by atoms with van der Waals surface area (Å²) in [4.78, 5) is 0. The van der Waals surface area contributed by atoms with E-state index in [0.29, 0.717) is 0 Å². The predicted molar refractivity (Wildman–Crippen MR) is 225 cm³/mol. The molecule has 3 nitrogen and oxygen atoms in total. The average Bonchev–Trinajstić information content (AvgIpc) is 3.92. The van der Waals surface area contributed by atoms with Gasteiger partial charge in [-0.1, -0.05) is 111 Å². The van der Waals surface area contributed by atoms with Crippen molar-refractivity contribution in [2.24, 2.45) is 0 Å². The van der Waals surface area contributed by atoms with Gasteiger partial charge in [-0.05, 0) is 100 Å². The Morgan fingerprint density at radius 1 is 0.407 bits per heavy atom. The molecule has 3 heterocycles. The second-order valence-electron chi connectivity index (χ2n) is 15.3. The van der Waals surface area contributed by atoms with Crippen molar-refractivity contribution >= 4 is 65.6 Å². The summed E-state index contributed by atoms with van der Waals surface area (Å²) in [7, 11) is 0. The van der Waals surface area contributed by atoms with Gasteiger partial charge in [-0.15, -0.1) is 0 Å². The number of furan rings is 1. The van der Waals surface area contributed by atoms with Gasteiger partial charge in [-0.2, -0.15) is 0 Å². The number of benzene rings is 8. The van der Waals surface area contributed by atoms with Crippen LogP contribution in [0.15, 0.2) is 174 Å². The Balaban J connectivity index is 1.15. The molecule has 0 spiro atoms. The normalized spacial score (nSPS) is 13.5.